The van der Waals surface area contributed by atoms with Crippen LogP contribution >= 0.6 is 0 Å². The summed E-state index contributed by atoms with van der Waals surface area (Å²) in [5, 5.41) is 13.0. The van der Waals surface area contributed by atoms with Gasteiger partial charge in [0.1, 0.15) is 11.6 Å². The molecule has 1 saturated heterocycles. The van der Waals surface area contributed by atoms with Crippen molar-refractivity contribution in [3.63, 3.8) is 0 Å². The molecule has 0 spiro atoms. The van der Waals surface area contributed by atoms with E-state index in [9.17, 15) is 14.7 Å². The molecule has 6 heteroatoms. The molecule has 0 bridgehead atoms. The van der Waals surface area contributed by atoms with E-state index in [4.69, 9.17) is 4.74 Å². The molecule has 1 heterocycles. The number of carbonyl (C=O) groups excluding carboxylic acids is 2. The van der Waals surface area contributed by atoms with Crippen molar-refractivity contribution in [1.29, 1.82) is 0 Å². The van der Waals surface area contributed by atoms with Gasteiger partial charge in [0.15, 0.2) is 0 Å². The Balaban J connectivity index is 1.97. The lowest BCUT2D eigenvalue weighted by molar-refractivity contribution is -0.126. The largest absolute Gasteiger partial charge is 0.444 e. The average Bonchev–Trinajstić information content (AvgIpc) is 2.65. The third kappa shape index (κ3) is 5.37. The van der Waals surface area contributed by atoms with Crippen molar-refractivity contribution in [2.75, 3.05) is 6.54 Å². The van der Waals surface area contributed by atoms with E-state index in [0.717, 1.165) is 25.7 Å². The summed E-state index contributed by atoms with van der Waals surface area (Å²) >= 11 is 0. The summed E-state index contributed by atoms with van der Waals surface area (Å²) in [6.07, 6.45) is 5.76. The summed E-state index contributed by atoms with van der Waals surface area (Å²) in [6, 6.07) is -0.452. The van der Waals surface area contributed by atoms with Crippen LogP contribution in [-0.4, -0.2) is 52.3 Å². The third-order valence-corrected chi connectivity index (χ3v) is 4.41. The van der Waals surface area contributed by atoms with Crippen LogP contribution in [0.4, 0.5) is 4.79 Å². The Morgan fingerprint density at radius 3 is 2.30 bits per heavy atom. The number of carbonyl (C=O) groups is 2. The molecular formula is C17H30N2O4. The molecule has 1 aliphatic heterocycles. The molecule has 2 fully saturated rings. The number of hydrogen-bond donors (Lipinski definition) is 2. The SMILES string of the molecule is CC(C)(C)OC(=O)N1C[C@H](O)C[C@@H]1C(=O)NC1CCCCCC1. The minimum atomic E-state index is -0.674. The van der Waals surface area contributed by atoms with Crippen molar-refractivity contribution in [2.24, 2.45) is 0 Å². The molecule has 2 amide bonds. The Bertz CT molecular complexity index is 425. The fourth-order valence-electron chi connectivity index (χ4n) is 3.31. The van der Waals surface area contributed by atoms with Crippen LogP contribution < -0.4 is 5.32 Å². The molecule has 0 aromatic heterocycles. The van der Waals surface area contributed by atoms with Gasteiger partial charge in [-0.2, -0.15) is 0 Å². The summed E-state index contributed by atoms with van der Waals surface area (Å²) in [7, 11) is 0. The molecule has 2 aliphatic rings. The lowest BCUT2D eigenvalue weighted by Crippen LogP contribution is -2.49. The fourth-order valence-corrected chi connectivity index (χ4v) is 3.31. The maximum Gasteiger partial charge on any atom is 0.411 e. The van der Waals surface area contributed by atoms with Crippen molar-refractivity contribution >= 4 is 12.0 Å². The Labute approximate surface area is 138 Å². The van der Waals surface area contributed by atoms with Gasteiger partial charge in [0.2, 0.25) is 5.91 Å². The zero-order chi connectivity index (χ0) is 17.0. The predicted octanol–water partition coefficient (Wildman–Crippen LogP) is 2.20. The van der Waals surface area contributed by atoms with Gasteiger partial charge in [0.25, 0.3) is 0 Å². The normalized spacial score (nSPS) is 26.7. The monoisotopic (exact) mass is 326 g/mol. The molecule has 1 saturated carbocycles. The average molecular weight is 326 g/mol. The highest BCUT2D eigenvalue weighted by Crippen LogP contribution is 2.23. The molecule has 0 aromatic rings. The first-order chi connectivity index (χ1) is 10.8. The fraction of sp³-hybridized carbons (Fsp3) is 0.882. The highest BCUT2D eigenvalue weighted by molar-refractivity contribution is 5.86. The van der Waals surface area contributed by atoms with Crippen LogP contribution in [0.5, 0.6) is 0 Å². The van der Waals surface area contributed by atoms with E-state index >= 15 is 0 Å². The number of β-amino-alcohol motifs (C(OH)–C–C–N with tert-alkyl or cyclic N) is 1. The maximum atomic E-state index is 12.6. The second kappa shape index (κ2) is 7.51. The van der Waals surface area contributed by atoms with Gasteiger partial charge < -0.3 is 15.2 Å². The highest BCUT2D eigenvalue weighted by Gasteiger charge is 2.41. The van der Waals surface area contributed by atoms with Crippen LogP contribution in [0.25, 0.3) is 0 Å². The van der Waals surface area contributed by atoms with Crippen LogP contribution in [0.2, 0.25) is 0 Å². The molecule has 2 N–H and O–H groups in total. The van der Waals surface area contributed by atoms with Gasteiger partial charge in [0.05, 0.1) is 12.6 Å². The first-order valence-electron chi connectivity index (χ1n) is 8.74. The molecular weight excluding hydrogens is 296 g/mol. The number of amides is 2. The van der Waals surface area contributed by atoms with Crippen LogP contribution in [0, 0.1) is 0 Å². The Hall–Kier alpha value is -1.30. The van der Waals surface area contributed by atoms with Crippen LogP contribution in [0.15, 0.2) is 0 Å². The minimum absolute atomic E-state index is 0.150. The topological polar surface area (TPSA) is 78.9 Å². The van der Waals surface area contributed by atoms with Gasteiger partial charge in [-0.15, -0.1) is 0 Å². The summed E-state index contributed by atoms with van der Waals surface area (Å²) < 4.78 is 5.36. The number of nitrogens with zero attached hydrogens (tertiary/aromatic N) is 1. The Kier molecular flexibility index (Phi) is 5.89. The molecule has 2 rings (SSSR count). The van der Waals surface area contributed by atoms with E-state index in [-0.39, 0.29) is 24.9 Å². The van der Waals surface area contributed by atoms with E-state index in [1.54, 1.807) is 20.8 Å². The molecule has 0 radical (unpaired) electrons. The second-order valence-corrected chi connectivity index (χ2v) is 7.74. The molecule has 0 aromatic carbocycles. The van der Waals surface area contributed by atoms with Crippen molar-refractivity contribution in [3.05, 3.63) is 0 Å². The van der Waals surface area contributed by atoms with Crippen LogP contribution in [-0.2, 0) is 9.53 Å². The van der Waals surface area contributed by atoms with E-state index in [1.165, 1.54) is 17.7 Å². The molecule has 132 valence electrons. The molecule has 6 nitrogen and oxygen atoms in total. The van der Waals surface area contributed by atoms with E-state index in [1.807, 2.05) is 0 Å². The molecule has 2 atom stereocenters. The lowest BCUT2D eigenvalue weighted by atomic mass is 10.1. The summed E-state index contributed by atoms with van der Waals surface area (Å²) in [6.45, 7) is 5.52. The molecule has 23 heavy (non-hydrogen) atoms. The van der Waals surface area contributed by atoms with Gasteiger partial charge in [-0.05, 0) is 33.6 Å². The van der Waals surface area contributed by atoms with Crippen LogP contribution in [0.3, 0.4) is 0 Å². The number of likely N-dealkylation sites (tertiary alicyclic amines) is 1. The quantitative estimate of drug-likeness (QED) is 0.763. The first-order valence-corrected chi connectivity index (χ1v) is 8.74. The summed E-state index contributed by atoms with van der Waals surface area (Å²) in [4.78, 5) is 26.2. The van der Waals surface area contributed by atoms with Gasteiger partial charge in [0, 0.05) is 12.5 Å². The van der Waals surface area contributed by atoms with Crippen molar-refractivity contribution in [2.45, 2.75) is 89.5 Å². The van der Waals surface area contributed by atoms with E-state index in [2.05, 4.69) is 5.32 Å². The Morgan fingerprint density at radius 1 is 1.13 bits per heavy atom. The van der Waals surface area contributed by atoms with Gasteiger partial charge in [-0.1, -0.05) is 25.7 Å². The maximum absolute atomic E-state index is 12.6. The van der Waals surface area contributed by atoms with Gasteiger partial charge in [-0.25, -0.2) is 4.79 Å². The zero-order valence-corrected chi connectivity index (χ0v) is 14.5. The van der Waals surface area contributed by atoms with Crippen molar-refractivity contribution in [3.8, 4) is 0 Å². The van der Waals surface area contributed by atoms with Crippen LogP contribution in [0.1, 0.15) is 65.7 Å². The number of rotatable bonds is 2. The third-order valence-electron chi connectivity index (χ3n) is 4.41. The second-order valence-electron chi connectivity index (χ2n) is 7.74. The lowest BCUT2D eigenvalue weighted by Gasteiger charge is -2.28. The van der Waals surface area contributed by atoms with Gasteiger partial charge in [-0.3, -0.25) is 9.69 Å². The molecule has 1 aliphatic carbocycles. The van der Waals surface area contributed by atoms with E-state index in [0.29, 0.717) is 0 Å². The van der Waals surface area contributed by atoms with Crippen molar-refractivity contribution < 1.29 is 19.4 Å². The number of aliphatic hydroxyl groups excluding tert-OH is 1. The van der Waals surface area contributed by atoms with Gasteiger partial charge >= 0.3 is 6.09 Å². The molecule has 0 unspecified atom stereocenters. The number of nitrogens with one attached hydrogen (secondary N) is 1. The predicted molar refractivity (Wildman–Crippen MR) is 87.0 cm³/mol. The van der Waals surface area contributed by atoms with E-state index < -0.39 is 23.8 Å². The zero-order valence-electron chi connectivity index (χ0n) is 14.5. The summed E-state index contributed by atoms with van der Waals surface area (Å²) in [5.74, 6) is -0.167. The first kappa shape index (κ1) is 18.0. The minimum Gasteiger partial charge on any atom is -0.444 e. The smallest absolute Gasteiger partial charge is 0.411 e. The highest BCUT2D eigenvalue weighted by atomic mass is 16.6. The standard InChI is InChI=1S/C17H30N2O4/c1-17(2,3)23-16(22)19-11-13(20)10-14(19)15(21)18-12-8-6-4-5-7-9-12/h12-14,20H,4-11H2,1-3H3,(H,18,21)/t13-,14-/m1/s1. The van der Waals surface area contributed by atoms with Crippen molar-refractivity contribution in [1.82, 2.24) is 10.2 Å². The summed E-state index contributed by atoms with van der Waals surface area (Å²) in [5.41, 5.74) is -0.618. The number of aliphatic hydroxyl groups is 1. The Morgan fingerprint density at radius 2 is 1.74 bits per heavy atom. The number of hydrogen-bond acceptors (Lipinski definition) is 4. The number of ether oxygens (including phenoxy) is 1.